The van der Waals surface area contributed by atoms with E-state index in [4.69, 9.17) is 24.5 Å². The van der Waals surface area contributed by atoms with Crippen LogP contribution in [0.2, 0.25) is 0 Å². The standard InChI is InChI=1S/C37H72N13O9P/c1-56-34-33(59-60(2,54)55)31(58-35(34)50-26-11-32(51)46-36(50)52)29-57-37(53)45-27-30-28-49(48-47-30)25-10-24-40-14-4-3-13-39-16-6-18-42-20-8-22-44-23-9-21-43-19-7-17-41-15-5-12-38/h11,26,28,31,33-35,39-44H,3-10,12-25,27,29,38H2,1-2H3,(H,45,53)(H,54,55)(H,46,51,52)/t31-,33+,34?,35-/m1/s1. The number of methoxy groups -OCH3 is 1. The smallest absolute Gasteiger partial charge is 0.407 e. The Balaban J connectivity index is 1.13. The molecule has 23 heteroatoms. The van der Waals surface area contributed by atoms with Gasteiger partial charge in [-0.05, 0) is 136 Å². The predicted molar refractivity (Wildman–Crippen MR) is 228 cm³/mol. The van der Waals surface area contributed by atoms with Gasteiger partial charge in [0.2, 0.25) is 0 Å². The first kappa shape index (κ1) is 51.2. The lowest BCUT2D eigenvalue weighted by Crippen LogP contribution is -2.40. The highest BCUT2D eigenvalue weighted by Gasteiger charge is 2.49. The summed E-state index contributed by atoms with van der Waals surface area (Å²) in [4.78, 5) is 48.5. The Morgan fingerprint density at radius 3 is 1.90 bits per heavy atom. The number of hydrogen-bond acceptors (Lipinski definition) is 17. The number of hydrogen-bond donors (Lipinski definition) is 10. The highest BCUT2D eigenvalue weighted by Crippen LogP contribution is 2.44. The molecule has 2 unspecified atom stereocenters. The SMILES string of the molecule is COC1[C@@H](OP(C)(=O)O)[C@@H](COC(=O)NCc2cn(CCCNCCCCNCCCNCCCNCCCNCCCNCCCN)nn2)O[C@H]1n1ccc(=O)[nH]c1=O. The fourth-order valence-electron chi connectivity index (χ4n) is 6.39. The lowest BCUT2D eigenvalue weighted by Gasteiger charge is -2.24. The number of alkyl carbamates (subject to hydrolysis) is 1. The molecule has 1 fully saturated rings. The number of H-pyrrole nitrogens is 1. The summed E-state index contributed by atoms with van der Waals surface area (Å²) in [6.45, 7) is 14.3. The Kier molecular flexibility index (Phi) is 26.3. The third kappa shape index (κ3) is 22.1. The summed E-state index contributed by atoms with van der Waals surface area (Å²) in [6.07, 6.45) is 6.37. The number of ether oxygens (including phenoxy) is 3. The summed E-state index contributed by atoms with van der Waals surface area (Å²) < 4.78 is 36.9. The molecule has 22 nitrogen and oxygen atoms in total. The first-order chi connectivity index (χ1) is 29.1. The molecule has 0 aromatic carbocycles. The number of aromatic amines is 1. The van der Waals surface area contributed by atoms with Gasteiger partial charge in [-0.15, -0.1) is 5.10 Å². The molecule has 0 saturated carbocycles. The van der Waals surface area contributed by atoms with Gasteiger partial charge in [0.25, 0.3) is 5.56 Å². The molecule has 344 valence electrons. The van der Waals surface area contributed by atoms with Crippen LogP contribution in [0, 0.1) is 0 Å². The van der Waals surface area contributed by atoms with Gasteiger partial charge in [-0.3, -0.25) is 28.1 Å². The third-order valence-corrected chi connectivity index (χ3v) is 10.1. The van der Waals surface area contributed by atoms with Crippen molar-refractivity contribution in [3.05, 3.63) is 45.0 Å². The van der Waals surface area contributed by atoms with Crippen LogP contribution in [0.1, 0.15) is 63.3 Å². The van der Waals surface area contributed by atoms with Crippen LogP contribution in [0.25, 0.3) is 0 Å². The Hall–Kier alpha value is -3.12. The zero-order valence-corrected chi connectivity index (χ0v) is 36.4. The van der Waals surface area contributed by atoms with Crippen molar-refractivity contribution < 1.29 is 33.0 Å². The minimum absolute atomic E-state index is 0.0522. The second-order valence-corrected chi connectivity index (χ2v) is 16.5. The highest BCUT2D eigenvalue weighted by molar-refractivity contribution is 7.51. The van der Waals surface area contributed by atoms with Crippen molar-refractivity contribution in [3.8, 4) is 0 Å². The second-order valence-electron chi connectivity index (χ2n) is 14.7. The fraction of sp³-hybridized carbons (Fsp3) is 0.811. The normalized spacial score (nSPS) is 18.8. The van der Waals surface area contributed by atoms with Gasteiger partial charge in [-0.1, -0.05) is 5.21 Å². The second kappa shape index (κ2) is 30.8. The number of rotatable bonds is 36. The van der Waals surface area contributed by atoms with Gasteiger partial charge >= 0.3 is 19.4 Å². The first-order valence-corrected chi connectivity index (χ1v) is 23.4. The van der Waals surface area contributed by atoms with Crippen molar-refractivity contribution in [2.45, 2.75) is 89.0 Å². The number of nitrogens with zero attached hydrogens (tertiary/aromatic N) is 4. The summed E-state index contributed by atoms with van der Waals surface area (Å²) >= 11 is 0. The Morgan fingerprint density at radius 1 is 0.850 bits per heavy atom. The van der Waals surface area contributed by atoms with Crippen molar-refractivity contribution in [2.24, 2.45) is 5.73 Å². The summed E-state index contributed by atoms with van der Waals surface area (Å²) in [5.74, 6) is 0. The topological polar surface area (TPSA) is 287 Å². The Bertz CT molecular complexity index is 1590. The monoisotopic (exact) mass is 874 g/mol. The average molecular weight is 874 g/mol. The van der Waals surface area contributed by atoms with E-state index in [1.807, 2.05) is 0 Å². The van der Waals surface area contributed by atoms with E-state index in [1.54, 1.807) is 10.9 Å². The number of nitrogens with one attached hydrogen (secondary N) is 8. The van der Waals surface area contributed by atoms with Crippen LogP contribution >= 0.6 is 7.60 Å². The van der Waals surface area contributed by atoms with Gasteiger partial charge in [-0.25, -0.2) is 9.59 Å². The third-order valence-electron chi connectivity index (χ3n) is 9.46. The van der Waals surface area contributed by atoms with Crippen molar-refractivity contribution >= 4 is 13.7 Å². The summed E-state index contributed by atoms with van der Waals surface area (Å²) in [6, 6.07) is 1.12. The minimum atomic E-state index is -4.06. The van der Waals surface area contributed by atoms with E-state index in [-0.39, 0.29) is 6.54 Å². The molecule has 0 radical (unpaired) electrons. The first-order valence-electron chi connectivity index (χ1n) is 21.3. The molecule has 3 rings (SSSR count). The number of aromatic nitrogens is 5. The molecule has 1 amide bonds. The van der Waals surface area contributed by atoms with Crippen molar-refractivity contribution in [1.29, 1.82) is 0 Å². The maximum absolute atomic E-state index is 12.5. The molecular formula is C37H72N13O9P. The fourth-order valence-corrected chi connectivity index (χ4v) is 7.10. The quantitative estimate of drug-likeness (QED) is 0.0284. The molecule has 2 aromatic heterocycles. The van der Waals surface area contributed by atoms with Gasteiger partial charge in [0, 0.05) is 32.6 Å². The molecule has 2 aromatic rings. The van der Waals surface area contributed by atoms with Crippen LogP contribution in [0.3, 0.4) is 0 Å². The maximum atomic E-state index is 12.5. The van der Waals surface area contributed by atoms with E-state index in [1.165, 1.54) is 13.3 Å². The molecular weight excluding hydrogens is 801 g/mol. The molecule has 1 saturated heterocycles. The lowest BCUT2D eigenvalue weighted by atomic mass is 10.1. The summed E-state index contributed by atoms with van der Waals surface area (Å²) in [7, 11) is -2.75. The van der Waals surface area contributed by atoms with Gasteiger partial charge in [-0.2, -0.15) is 0 Å². The number of unbranched alkanes of at least 4 members (excludes halogenated alkanes) is 1. The van der Waals surface area contributed by atoms with E-state index in [0.717, 1.165) is 154 Å². The molecule has 3 heterocycles. The van der Waals surface area contributed by atoms with Crippen LogP contribution in [-0.2, 0) is 36.4 Å². The molecule has 0 aliphatic carbocycles. The molecule has 1 aliphatic rings. The summed E-state index contributed by atoms with van der Waals surface area (Å²) in [5.41, 5.74) is 4.62. The lowest BCUT2D eigenvalue weighted by molar-refractivity contribution is -0.0637. The predicted octanol–water partition coefficient (Wildman–Crippen LogP) is -1.22. The highest BCUT2D eigenvalue weighted by atomic mass is 31.2. The Morgan fingerprint density at radius 2 is 1.38 bits per heavy atom. The number of nitrogens with two attached hydrogens (primary N) is 1. The number of carbonyl (C=O) groups is 1. The van der Waals surface area contributed by atoms with Crippen LogP contribution in [0.15, 0.2) is 28.0 Å². The van der Waals surface area contributed by atoms with Crippen molar-refractivity contribution in [1.82, 2.24) is 61.8 Å². The van der Waals surface area contributed by atoms with E-state index in [0.29, 0.717) is 12.2 Å². The van der Waals surface area contributed by atoms with Gasteiger partial charge in [0.1, 0.15) is 30.6 Å². The molecule has 60 heavy (non-hydrogen) atoms. The Labute approximate surface area is 353 Å². The molecule has 11 N–H and O–H groups in total. The van der Waals surface area contributed by atoms with Crippen LogP contribution < -0.4 is 54.2 Å². The summed E-state index contributed by atoms with van der Waals surface area (Å²) in [5, 5.41) is 31.8. The van der Waals surface area contributed by atoms with Crippen LogP contribution in [0.4, 0.5) is 4.79 Å². The van der Waals surface area contributed by atoms with Crippen LogP contribution in [0.5, 0.6) is 0 Å². The van der Waals surface area contributed by atoms with Gasteiger partial charge < -0.3 is 62.1 Å². The number of carbonyl (C=O) groups excluding carboxylic acids is 1. The number of amides is 1. The van der Waals surface area contributed by atoms with Crippen molar-refractivity contribution in [3.63, 3.8) is 0 Å². The molecule has 0 bridgehead atoms. The van der Waals surface area contributed by atoms with E-state index in [9.17, 15) is 23.8 Å². The molecule has 0 spiro atoms. The largest absolute Gasteiger partial charge is 0.447 e. The zero-order valence-electron chi connectivity index (χ0n) is 35.5. The average Bonchev–Trinajstić information content (AvgIpc) is 3.81. The zero-order chi connectivity index (χ0) is 43.3. The molecule has 5 atom stereocenters. The van der Waals surface area contributed by atoms with Crippen LogP contribution in [-0.4, -0.2) is 159 Å². The van der Waals surface area contributed by atoms with Crippen molar-refractivity contribution in [2.75, 3.05) is 105 Å². The van der Waals surface area contributed by atoms with E-state index in [2.05, 4.69) is 52.5 Å². The minimum Gasteiger partial charge on any atom is -0.447 e. The maximum Gasteiger partial charge on any atom is 0.407 e. The van der Waals surface area contributed by atoms with Gasteiger partial charge in [0.15, 0.2) is 6.23 Å². The molecule has 1 aliphatic heterocycles. The van der Waals surface area contributed by atoms with E-state index < -0.39 is 56.1 Å². The number of aryl methyl sites for hydroxylation is 1. The van der Waals surface area contributed by atoms with E-state index >= 15 is 0 Å². The van der Waals surface area contributed by atoms with Gasteiger partial charge in [0.05, 0.1) is 12.7 Å².